The third-order valence-electron chi connectivity index (χ3n) is 5.03. The molecule has 0 atom stereocenters. The second kappa shape index (κ2) is 7.96. The Hall–Kier alpha value is -1.96. The van der Waals surface area contributed by atoms with Gasteiger partial charge >= 0.3 is 0 Å². The Balaban J connectivity index is 1.63. The van der Waals surface area contributed by atoms with Crippen molar-refractivity contribution in [3.05, 3.63) is 59.2 Å². The summed E-state index contributed by atoms with van der Waals surface area (Å²) in [6, 6.07) is 13.1. The third kappa shape index (κ3) is 4.31. The Morgan fingerprint density at radius 2 is 1.59 bits per heavy atom. The van der Waals surface area contributed by atoms with Gasteiger partial charge in [0.15, 0.2) is 5.11 Å². The molecule has 2 aromatic carbocycles. The Labute approximate surface area is 167 Å². The molecule has 144 valence electrons. The van der Waals surface area contributed by atoms with Crippen LogP contribution in [0.3, 0.4) is 0 Å². The molecule has 0 radical (unpaired) electrons. The molecular formula is C20H25N3O2S2. The first-order chi connectivity index (χ1) is 12.8. The van der Waals surface area contributed by atoms with Crippen LogP contribution in [0.1, 0.15) is 16.7 Å². The highest BCUT2D eigenvalue weighted by Crippen LogP contribution is 2.21. The maximum absolute atomic E-state index is 12.8. The number of hydrogen-bond acceptors (Lipinski definition) is 3. The molecule has 0 amide bonds. The summed E-state index contributed by atoms with van der Waals surface area (Å²) in [5, 5.41) is 3.94. The number of sulfonamides is 1. The van der Waals surface area contributed by atoms with Crippen molar-refractivity contribution in [2.75, 3.05) is 31.5 Å². The predicted octanol–water partition coefficient (Wildman–Crippen LogP) is 3.32. The van der Waals surface area contributed by atoms with Gasteiger partial charge in [0.1, 0.15) is 0 Å². The molecule has 1 aliphatic heterocycles. The van der Waals surface area contributed by atoms with Crippen molar-refractivity contribution in [2.24, 2.45) is 0 Å². The van der Waals surface area contributed by atoms with Crippen molar-refractivity contribution in [3.8, 4) is 0 Å². The summed E-state index contributed by atoms with van der Waals surface area (Å²) in [6.07, 6.45) is 0. The molecule has 1 N–H and O–H groups in total. The summed E-state index contributed by atoms with van der Waals surface area (Å²) < 4.78 is 27.2. The molecule has 0 aromatic heterocycles. The first-order valence-electron chi connectivity index (χ1n) is 8.98. The molecule has 1 heterocycles. The van der Waals surface area contributed by atoms with Crippen LogP contribution in [0, 0.1) is 20.8 Å². The first kappa shape index (κ1) is 19.8. The lowest BCUT2D eigenvalue weighted by molar-refractivity contribution is 0.268. The first-order valence-corrected chi connectivity index (χ1v) is 10.8. The standard InChI is InChI=1S/C20H25N3O2S2/c1-15-7-9-18(10-8-15)27(24,25)23-13-11-22(12-14-23)20(26)21-19-6-4-5-16(2)17(19)3/h4-10H,11-14H2,1-3H3,(H,21,26). The number of rotatable bonds is 3. The van der Waals surface area contributed by atoms with E-state index in [0.717, 1.165) is 11.3 Å². The molecule has 0 unspecified atom stereocenters. The van der Waals surface area contributed by atoms with Gasteiger partial charge in [0.25, 0.3) is 0 Å². The highest BCUT2D eigenvalue weighted by molar-refractivity contribution is 7.89. The molecular weight excluding hydrogens is 378 g/mol. The van der Waals surface area contributed by atoms with Gasteiger partial charge in [-0.1, -0.05) is 29.8 Å². The number of anilines is 1. The fourth-order valence-electron chi connectivity index (χ4n) is 3.07. The minimum absolute atomic E-state index is 0.345. The van der Waals surface area contributed by atoms with E-state index < -0.39 is 10.0 Å². The smallest absolute Gasteiger partial charge is 0.243 e. The molecule has 0 spiro atoms. The number of nitrogens with one attached hydrogen (secondary N) is 1. The largest absolute Gasteiger partial charge is 0.346 e. The van der Waals surface area contributed by atoms with E-state index in [1.807, 2.05) is 36.1 Å². The van der Waals surface area contributed by atoms with E-state index in [0.29, 0.717) is 36.2 Å². The fourth-order valence-corrected chi connectivity index (χ4v) is 4.79. The van der Waals surface area contributed by atoms with Crippen molar-refractivity contribution in [1.29, 1.82) is 0 Å². The van der Waals surface area contributed by atoms with Gasteiger partial charge in [-0.05, 0) is 62.3 Å². The quantitative estimate of drug-likeness (QED) is 0.797. The van der Waals surface area contributed by atoms with Crippen molar-refractivity contribution in [3.63, 3.8) is 0 Å². The monoisotopic (exact) mass is 403 g/mol. The van der Waals surface area contributed by atoms with E-state index in [4.69, 9.17) is 12.2 Å². The molecule has 27 heavy (non-hydrogen) atoms. The lowest BCUT2D eigenvalue weighted by Gasteiger charge is -2.35. The normalized spacial score (nSPS) is 15.6. The van der Waals surface area contributed by atoms with Gasteiger partial charge in [-0.25, -0.2) is 8.42 Å². The molecule has 0 saturated carbocycles. The zero-order valence-electron chi connectivity index (χ0n) is 15.9. The maximum atomic E-state index is 12.8. The van der Waals surface area contributed by atoms with Crippen LogP contribution in [0.25, 0.3) is 0 Å². The number of aryl methyl sites for hydroxylation is 2. The molecule has 2 aromatic rings. The molecule has 0 aliphatic carbocycles. The van der Waals surface area contributed by atoms with Crippen LogP contribution < -0.4 is 5.32 Å². The third-order valence-corrected chi connectivity index (χ3v) is 7.30. The lowest BCUT2D eigenvalue weighted by atomic mass is 10.1. The number of hydrogen-bond donors (Lipinski definition) is 1. The molecule has 0 bridgehead atoms. The summed E-state index contributed by atoms with van der Waals surface area (Å²) in [5.74, 6) is 0. The minimum atomic E-state index is -3.46. The second-order valence-corrected chi connectivity index (χ2v) is 9.21. The molecule has 3 rings (SSSR count). The van der Waals surface area contributed by atoms with E-state index in [9.17, 15) is 8.42 Å². The van der Waals surface area contributed by atoms with Crippen LogP contribution in [-0.4, -0.2) is 48.9 Å². The summed E-state index contributed by atoms with van der Waals surface area (Å²) >= 11 is 5.55. The van der Waals surface area contributed by atoms with E-state index in [1.54, 1.807) is 12.1 Å². The van der Waals surface area contributed by atoms with Gasteiger partial charge in [-0.2, -0.15) is 4.31 Å². The van der Waals surface area contributed by atoms with Gasteiger partial charge in [-0.3, -0.25) is 0 Å². The van der Waals surface area contributed by atoms with Crippen LogP contribution in [0.5, 0.6) is 0 Å². The maximum Gasteiger partial charge on any atom is 0.243 e. The molecule has 1 saturated heterocycles. The lowest BCUT2D eigenvalue weighted by Crippen LogP contribution is -2.51. The Morgan fingerprint density at radius 3 is 2.22 bits per heavy atom. The molecule has 7 heteroatoms. The van der Waals surface area contributed by atoms with Crippen molar-refractivity contribution in [2.45, 2.75) is 25.7 Å². The zero-order valence-corrected chi connectivity index (χ0v) is 17.5. The predicted molar refractivity (Wildman–Crippen MR) is 114 cm³/mol. The minimum Gasteiger partial charge on any atom is -0.346 e. The van der Waals surface area contributed by atoms with Gasteiger partial charge in [0.2, 0.25) is 10.0 Å². The van der Waals surface area contributed by atoms with Gasteiger partial charge in [0.05, 0.1) is 4.90 Å². The van der Waals surface area contributed by atoms with Crippen molar-refractivity contribution < 1.29 is 8.42 Å². The number of benzene rings is 2. The second-order valence-electron chi connectivity index (χ2n) is 6.88. The topological polar surface area (TPSA) is 52.7 Å². The average molecular weight is 404 g/mol. The van der Waals surface area contributed by atoms with Crippen LogP contribution in [-0.2, 0) is 10.0 Å². The van der Waals surface area contributed by atoms with Crippen LogP contribution in [0.4, 0.5) is 5.69 Å². The van der Waals surface area contributed by atoms with Crippen LogP contribution >= 0.6 is 12.2 Å². The molecule has 1 aliphatic rings. The van der Waals surface area contributed by atoms with E-state index in [-0.39, 0.29) is 0 Å². The van der Waals surface area contributed by atoms with Gasteiger partial charge in [0, 0.05) is 31.9 Å². The summed E-state index contributed by atoms with van der Waals surface area (Å²) in [4.78, 5) is 2.37. The number of piperazine rings is 1. The van der Waals surface area contributed by atoms with Crippen LogP contribution in [0.2, 0.25) is 0 Å². The van der Waals surface area contributed by atoms with E-state index >= 15 is 0 Å². The highest BCUT2D eigenvalue weighted by Gasteiger charge is 2.29. The van der Waals surface area contributed by atoms with Crippen molar-refractivity contribution >= 4 is 33.0 Å². The van der Waals surface area contributed by atoms with Gasteiger partial charge < -0.3 is 10.2 Å². The Morgan fingerprint density at radius 1 is 0.963 bits per heavy atom. The van der Waals surface area contributed by atoms with Gasteiger partial charge in [-0.15, -0.1) is 0 Å². The Kier molecular flexibility index (Phi) is 5.83. The average Bonchev–Trinajstić information content (AvgIpc) is 2.66. The van der Waals surface area contributed by atoms with Crippen molar-refractivity contribution in [1.82, 2.24) is 9.21 Å². The molecule has 5 nitrogen and oxygen atoms in total. The fraction of sp³-hybridized carbons (Fsp3) is 0.350. The molecule has 1 fully saturated rings. The zero-order chi connectivity index (χ0) is 19.6. The Bertz CT molecular complexity index is 932. The SMILES string of the molecule is Cc1ccc(S(=O)(=O)N2CCN(C(=S)Nc3cccc(C)c3C)CC2)cc1. The number of nitrogens with zero attached hydrogens (tertiary/aromatic N) is 2. The van der Waals surface area contributed by atoms with Crippen LogP contribution in [0.15, 0.2) is 47.4 Å². The van der Waals surface area contributed by atoms with E-state index in [1.165, 1.54) is 15.4 Å². The van der Waals surface area contributed by atoms with E-state index in [2.05, 4.69) is 25.2 Å². The summed E-state index contributed by atoms with van der Waals surface area (Å²) in [5.41, 5.74) is 4.41. The highest BCUT2D eigenvalue weighted by atomic mass is 32.2. The summed E-state index contributed by atoms with van der Waals surface area (Å²) in [7, 11) is -3.46. The summed E-state index contributed by atoms with van der Waals surface area (Å²) in [6.45, 7) is 8.06. The number of thiocarbonyl (C=S) groups is 1.